The van der Waals surface area contributed by atoms with Crippen molar-refractivity contribution in [2.45, 2.75) is 13.3 Å². The molecule has 1 unspecified atom stereocenters. The van der Waals surface area contributed by atoms with Crippen molar-refractivity contribution in [1.29, 1.82) is 0 Å². The number of ether oxygens (including phenoxy) is 1. The first kappa shape index (κ1) is 12.5. The Morgan fingerprint density at radius 2 is 2.25 bits per heavy atom. The first-order valence-electron chi connectivity index (χ1n) is 5.38. The highest BCUT2D eigenvalue weighted by molar-refractivity contribution is 5.77. The van der Waals surface area contributed by atoms with E-state index in [1.165, 1.54) is 0 Å². The van der Waals surface area contributed by atoms with Crippen molar-refractivity contribution in [3.8, 4) is 5.75 Å². The van der Waals surface area contributed by atoms with Gasteiger partial charge in [0.2, 0.25) is 5.91 Å². The lowest BCUT2D eigenvalue weighted by atomic mass is 9.99. The van der Waals surface area contributed by atoms with Gasteiger partial charge in [0.25, 0.3) is 0 Å². The Balaban J connectivity index is 2.72. The third-order valence-electron chi connectivity index (χ3n) is 2.38. The summed E-state index contributed by atoms with van der Waals surface area (Å²) in [4.78, 5) is 11.1. The minimum Gasteiger partial charge on any atom is -0.494 e. The van der Waals surface area contributed by atoms with Gasteiger partial charge in [-0.25, -0.2) is 0 Å². The Kier molecular flexibility index (Phi) is 4.79. The third kappa shape index (κ3) is 3.55. The number of primary amides is 1. The quantitative estimate of drug-likeness (QED) is 0.743. The molecule has 4 heteroatoms. The van der Waals surface area contributed by atoms with Crippen LogP contribution in [0, 0.1) is 5.92 Å². The number of hydrogen-bond acceptors (Lipinski definition) is 3. The normalized spacial score (nSPS) is 12.1. The fourth-order valence-corrected chi connectivity index (χ4v) is 1.51. The molecule has 1 aromatic carbocycles. The summed E-state index contributed by atoms with van der Waals surface area (Å²) >= 11 is 0. The van der Waals surface area contributed by atoms with Gasteiger partial charge in [-0.05, 0) is 31.0 Å². The molecule has 88 valence electrons. The number of amides is 1. The van der Waals surface area contributed by atoms with Gasteiger partial charge < -0.3 is 16.2 Å². The predicted molar refractivity (Wildman–Crippen MR) is 63.1 cm³/mol. The van der Waals surface area contributed by atoms with Crippen LogP contribution >= 0.6 is 0 Å². The van der Waals surface area contributed by atoms with Crippen molar-refractivity contribution in [2.75, 3.05) is 13.2 Å². The van der Waals surface area contributed by atoms with E-state index >= 15 is 0 Å². The molecule has 0 fully saturated rings. The molecule has 1 rings (SSSR count). The van der Waals surface area contributed by atoms with Crippen molar-refractivity contribution in [3.05, 3.63) is 29.8 Å². The fraction of sp³-hybridized carbons (Fsp3) is 0.417. The van der Waals surface area contributed by atoms with Crippen molar-refractivity contribution in [1.82, 2.24) is 0 Å². The van der Waals surface area contributed by atoms with Gasteiger partial charge in [-0.2, -0.15) is 0 Å². The zero-order valence-corrected chi connectivity index (χ0v) is 9.48. The molecule has 1 atom stereocenters. The number of carbonyl (C=O) groups excluding carboxylic acids is 1. The SMILES string of the molecule is CCOc1cccc(CC(CN)C(N)=O)c1. The highest BCUT2D eigenvalue weighted by Gasteiger charge is 2.13. The van der Waals surface area contributed by atoms with E-state index in [1.807, 2.05) is 31.2 Å². The zero-order chi connectivity index (χ0) is 12.0. The lowest BCUT2D eigenvalue weighted by Crippen LogP contribution is -2.31. The molecule has 0 radical (unpaired) electrons. The molecular formula is C12H18N2O2. The molecule has 4 nitrogen and oxygen atoms in total. The van der Waals surface area contributed by atoms with E-state index in [9.17, 15) is 4.79 Å². The average Bonchev–Trinajstić information content (AvgIpc) is 2.26. The summed E-state index contributed by atoms with van der Waals surface area (Å²) in [6.45, 7) is 2.83. The van der Waals surface area contributed by atoms with Gasteiger partial charge in [-0.15, -0.1) is 0 Å². The van der Waals surface area contributed by atoms with E-state index in [4.69, 9.17) is 16.2 Å². The average molecular weight is 222 g/mol. The molecule has 0 aliphatic carbocycles. The third-order valence-corrected chi connectivity index (χ3v) is 2.38. The summed E-state index contributed by atoms with van der Waals surface area (Å²) in [6.07, 6.45) is 0.562. The smallest absolute Gasteiger partial charge is 0.222 e. The molecule has 1 amide bonds. The maximum Gasteiger partial charge on any atom is 0.222 e. The standard InChI is InChI=1S/C12H18N2O2/c1-2-16-11-5-3-4-9(7-11)6-10(8-13)12(14)15/h3-5,7,10H,2,6,8,13H2,1H3,(H2,14,15). The Morgan fingerprint density at radius 1 is 1.50 bits per heavy atom. The summed E-state index contributed by atoms with van der Waals surface area (Å²) in [7, 11) is 0. The first-order chi connectivity index (χ1) is 7.67. The topological polar surface area (TPSA) is 78.3 Å². The summed E-state index contributed by atoms with van der Waals surface area (Å²) in [5, 5.41) is 0. The number of rotatable bonds is 6. The number of carbonyl (C=O) groups is 1. The molecular weight excluding hydrogens is 204 g/mol. The van der Waals surface area contributed by atoms with E-state index in [-0.39, 0.29) is 18.4 Å². The van der Waals surface area contributed by atoms with Crippen LogP contribution in [0.25, 0.3) is 0 Å². The molecule has 0 saturated carbocycles. The number of hydrogen-bond donors (Lipinski definition) is 2. The Labute approximate surface area is 95.6 Å². The summed E-state index contributed by atoms with van der Waals surface area (Å²) in [6, 6.07) is 7.63. The van der Waals surface area contributed by atoms with E-state index in [0.29, 0.717) is 13.0 Å². The summed E-state index contributed by atoms with van der Waals surface area (Å²) in [5.74, 6) is 0.140. The summed E-state index contributed by atoms with van der Waals surface area (Å²) in [5.41, 5.74) is 11.7. The van der Waals surface area contributed by atoms with Crippen molar-refractivity contribution >= 4 is 5.91 Å². The molecule has 0 heterocycles. The molecule has 1 aromatic rings. The van der Waals surface area contributed by atoms with Crippen LogP contribution in [0.1, 0.15) is 12.5 Å². The molecule has 0 aliphatic heterocycles. The van der Waals surface area contributed by atoms with Gasteiger partial charge in [-0.1, -0.05) is 12.1 Å². The van der Waals surface area contributed by atoms with Crippen LogP contribution in [0.3, 0.4) is 0 Å². The number of nitrogens with two attached hydrogens (primary N) is 2. The lowest BCUT2D eigenvalue weighted by molar-refractivity contribution is -0.121. The van der Waals surface area contributed by atoms with Gasteiger partial charge in [0, 0.05) is 6.54 Å². The fourth-order valence-electron chi connectivity index (χ4n) is 1.51. The van der Waals surface area contributed by atoms with Gasteiger partial charge in [0.15, 0.2) is 0 Å². The summed E-state index contributed by atoms with van der Waals surface area (Å²) < 4.78 is 5.37. The molecule has 0 spiro atoms. The van der Waals surface area contributed by atoms with Gasteiger partial charge in [-0.3, -0.25) is 4.79 Å². The van der Waals surface area contributed by atoms with Crippen LogP contribution in [-0.4, -0.2) is 19.1 Å². The first-order valence-corrected chi connectivity index (χ1v) is 5.38. The molecule has 0 aromatic heterocycles. The van der Waals surface area contributed by atoms with Crippen LogP contribution in [0.5, 0.6) is 5.75 Å². The van der Waals surface area contributed by atoms with E-state index in [0.717, 1.165) is 11.3 Å². The maximum atomic E-state index is 11.1. The number of benzene rings is 1. The zero-order valence-electron chi connectivity index (χ0n) is 9.48. The molecule has 0 aliphatic rings. The molecule has 4 N–H and O–H groups in total. The Morgan fingerprint density at radius 3 is 2.81 bits per heavy atom. The second-order valence-corrected chi connectivity index (χ2v) is 3.62. The molecule has 0 saturated heterocycles. The second-order valence-electron chi connectivity index (χ2n) is 3.62. The highest BCUT2D eigenvalue weighted by Crippen LogP contribution is 2.16. The van der Waals surface area contributed by atoms with Crippen LogP contribution < -0.4 is 16.2 Å². The molecule has 0 bridgehead atoms. The van der Waals surface area contributed by atoms with Crippen molar-refractivity contribution in [2.24, 2.45) is 17.4 Å². The van der Waals surface area contributed by atoms with Crippen molar-refractivity contribution < 1.29 is 9.53 Å². The Bertz CT molecular complexity index is 353. The van der Waals surface area contributed by atoms with Gasteiger partial charge in [0.1, 0.15) is 5.75 Å². The lowest BCUT2D eigenvalue weighted by Gasteiger charge is -2.11. The van der Waals surface area contributed by atoms with Crippen LogP contribution in [-0.2, 0) is 11.2 Å². The van der Waals surface area contributed by atoms with E-state index < -0.39 is 0 Å². The largest absolute Gasteiger partial charge is 0.494 e. The second kappa shape index (κ2) is 6.12. The minimum atomic E-state index is -0.357. The van der Waals surface area contributed by atoms with Crippen LogP contribution in [0.15, 0.2) is 24.3 Å². The minimum absolute atomic E-state index is 0.272. The van der Waals surface area contributed by atoms with E-state index in [2.05, 4.69) is 0 Å². The highest BCUT2D eigenvalue weighted by atomic mass is 16.5. The van der Waals surface area contributed by atoms with Gasteiger partial charge >= 0.3 is 0 Å². The maximum absolute atomic E-state index is 11.1. The van der Waals surface area contributed by atoms with Crippen molar-refractivity contribution in [3.63, 3.8) is 0 Å². The predicted octanol–water partition coefficient (Wildman–Crippen LogP) is 0.688. The Hall–Kier alpha value is -1.55. The molecule has 16 heavy (non-hydrogen) atoms. The monoisotopic (exact) mass is 222 g/mol. The van der Waals surface area contributed by atoms with Crippen LogP contribution in [0.2, 0.25) is 0 Å². The van der Waals surface area contributed by atoms with E-state index in [1.54, 1.807) is 0 Å². The van der Waals surface area contributed by atoms with Crippen LogP contribution in [0.4, 0.5) is 0 Å². The van der Waals surface area contributed by atoms with Gasteiger partial charge in [0.05, 0.1) is 12.5 Å².